The van der Waals surface area contributed by atoms with Gasteiger partial charge in [-0.2, -0.15) is 0 Å². The summed E-state index contributed by atoms with van der Waals surface area (Å²) in [6.45, 7) is 0. The molecule has 2 rings (SSSR count). The molecule has 0 amide bonds. The Morgan fingerprint density at radius 2 is 1.47 bits per heavy atom. The highest BCUT2D eigenvalue weighted by Crippen LogP contribution is 2.19. The van der Waals surface area contributed by atoms with Gasteiger partial charge in [0.05, 0.1) is 0 Å². The molecule has 0 nitrogen and oxygen atoms in total. The highest BCUT2D eigenvalue weighted by atomic mass is 79.9. The van der Waals surface area contributed by atoms with Gasteiger partial charge in [-0.05, 0) is 46.5 Å². The fraction of sp³-hybridized carbons (Fsp3) is 0.0667. The zero-order valence-electron chi connectivity index (χ0n) is 9.41. The minimum Gasteiger partial charge on any atom is -0.128 e. The molecule has 84 valence electrons. The van der Waals surface area contributed by atoms with Gasteiger partial charge in [0.2, 0.25) is 0 Å². The van der Waals surface area contributed by atoms with Crippen molar-refractivity contribution in [3.8, 4) is 11.8 Å². The second kappa shape index (κ2) is 5.95. The van der Waals surface area contributed by atoms with Crippen LogP contribution in [0.4, 0.5) is 0 Å². The third-order valence-electron chi connectivity index (χ3n) is 2.31. The zero-order chi connectivity index (χ0) is 12.1. The Balaban J connectivity index is 2.37. The van der Waals surface area contributed by atoms with E-state index in [9.17, 15) is 0 Å². The first-order valence-electron chi connectivity index (χ1n) is 5.21. The molecule has 0 spiro atoms. The Kier molecular flexibility index (Phi) is 4.30. The van der Waals surface area contributed by atoms with Crippen LogP contribution in [-0.2, 0) is 0 Å². The van der Waals surface area contributed by atoms with Gasteiger partial charge in [-0.25, -0.2) is 0 Å². The maximum absolute atomic E-state index is 3.50. The Labute approximate surface area is 115 Å². The van der Waals surface area contributed by atoms with E-state index in [0.29, 0.717) is 0 Å². The minimum absolute atomic E-state index is 1.02. The SMILES string of the molecule is CSc1ccccc1C#Cc1ccccc1Br. The van der Waals surface area contributed by atoms with Crippen LogP contribution in [0.3, 0.4) is 0 Å². The third-order valence-corrected chi connectivity index (χ3v) is 3.80. The van der Waals surface area contributed by atoms with Crippen molar-refractivity contribution in [2.24, 2.45) is 0 Å². The molecule has 0 saturated heterocycles. The standard InChI is InChI=1S/C15H11BrS/c1-17-15-9-5-3-7-13(15)11-10-12-6-2-4-8-14(12)16/h2-9H,1H3. The molecule has 0 fully saturated rings. The third kappa shape index (κ3) is 3.15. The molecule has 0 bridgehead atoms. The first-order valence-corrected chi connectivity index (χ1v) is 7.22. The number of halogens is 1. The molecule has 0 atom stereocenters. The molecule has 0 unspecified atom stereocenters. The fourth-order valence-electron chi connectivity index (χ4n) is 1.45. The number of benzene rings is 2. The molecular formula is C15H11BrS. The second-order valence-electron chi connectivity index (χ2n) is 3.43. The van der Waals surface area contributed by atoms with Gasteiger partial charge in [0.25, 0.3) is 0 Å². The van der Waals surface area contributed by atoms with Crippen molar-refractivity contribution in [1.29, 1.82) is 0 Å². The van der Waals surface area contributed by atoms with Crippen molar-refractivity contribution < 1.29 is 0 Å². The summed E-state index contributed by atoms with van der Waals surface area (Å²) >= 11 is 5.22. The van der Waals surface area contributed by atoms with Crippen molar-refractivity contribution in [1.82, 2.24) is 0 Å². The van der Waals surface area contributed by atoms with E-state index in [4.69, 9.17) is 0 Å². The minimum atomic E-state index is 1.02. The quantitative estimate of drug-likeness (QED) is 0.549. The molecule has 0 aliphatic heterocycles. The Morgan fingerprint density at radius 1 is 0.882 bits per heavy atom. The highest BCUT2D eigenvalue weighted by molar-refractivity contribution is 9.10. The van der Waals surface area contributed by atoms with Crippen LogP contribution in [-0.4, -0.2) is 6.26 Å². The van der Waals surface area contributed by atoms with Crippen LogP contribution in [0.2, 0.25) is 0 Å². The van der Waals surface area contributed by atoms with Gasteiger partial charge in [0, 0.05) is 20.5 Å². The van der Waals surface area contributed by atoms with Crippen LogP contribution in [0, 0.1) is 11.8 Å². The maximum Gasteiger partial charge on any atom is 0.0391 e. The average Bonchev–Trinajstić information content (AvgIpc) is 2.38. The van der Waals surface area contributed by atoms with E-state index < -0.39 is 0 Å². The lowest BCUT2D eigenvalue weighted by Gasteiger charge is -1.99. The predicted molar refractivity (Wildman–Crippen MR) is 78.3 cm³/mol. The van der Waals surface area contributed by atoms with Crippen molar-refractivity contribution >= 4 is 27.7 Å². The molecule has 2 aromatic carbocycles. The molecule has 2 heteroatoms. The van der Waals surface area contributed by atoms with Gasteiger partial charge in [-0.1, -0.05) is 36.1 Å². The van der Waals surface area contributed by atoms with Crippen molar-refractivity contribution in [2.45, 2.75) is 4.90 Å². The van der Waals surface area contributed by atoms with Crippen LogP contribution < -0.4 is 0 Å². The molecule has 0 N–H and O–H groups in total. The van der Waals surface area contributed by atoms with Gasteiger partial charge in [0.1, 0.15) is 0 Å². The summed E-state index contributed by atoms with van der Waals surface area (Å²) < 4.78 is 1.04. The van der Waals surface area contributed by atoms with Crippen LogP contribution in [0.1, 0.15) is 11.1 Å². The number of hydrogen-bond donors (Lipinski definition) is 0. The van der Waals surface area contributed by atoms with E-state index in [0.717, 1.165) is 15.6 Å². The topological polar surface area (TPSA) is 0 Å². The summed E-state index contributed by atoms with van der Waals surface area (Å²) in [7, 11) is 0. The average molecular weight is 303 g/mol. The van der Waals surface area contributed by atoms with Crippen molar-refractivity contribution in [3.63, 3.8) is 0 Å². The van der Waals surface area contributed by atoms with Crippen LogP contribution >= 0.6 is 27.7 Å². The summed E-state index contributed by atoms with van der Waals surface area (Å²) in [5.41, 5.74) is 2.10. The van der Waals surface area contributed by atoms with E-state index in [1.165, 1.54) is 4.90 Å². The Bertz CT molecular complexity index is 579. The number of hydrogen-bond acceptors (Lipinski definition) is 1. The Hall–Kier alpha value is -1.17. The van der Waals surface area contributed by atoms with Gasteiger partial charge >= 0.3 is 0 Å². The smallest absolute Gasteiger partial charge is 0.0391 e. The normalized spacial score (nSPS) is 9.53. The van der Waals surface area contributed by atoms with Crippen LogP contribution in [0.5, 0.6) is 0 Å². The fourth-order valence-corrected chi connectivity index (χ4v) is 2.38. The summed E-state index contributed by atoms with van der Waals surface area (Å²) in [6, 6.07) is 16.2. The lowest BCUT2D eigenvalue weighted by atomic mass is 10.2. The maximum atomic E-state index is 3.50. The van der Waals surface area contributed by atoms with Gasteiger partial charge < -0.3 is 0 Å². The molecule has 0 heterocycles. The molecule has 0 radical (unpaired) electrons. The van der Waals surface area contributed by atoms with Crippen molar-refractivity contribution in [2.75, 3.05) is 6.26 Å². The molecule has 0 aromatic heterocycles. The van der Waals surface area contributed by atoms with E-state index in [-0.39, 0.29) is 0 Å². The van der Waals surface area contributed by atoms with Gasteiger partial charge in [-0.15, -0.1) is 11.8 Å². The second-order valence-corrected chi connectivity index (χ2v) is 5.13. The van der Waals surface area contributed by atoms with E-state index in [2.05, 4.69) is 46.2 Å². The summed E-state index contributed by atoms with van der Waals surface area (Å²) in [5.74, 6) is 6.41. The monoisotopic (exact) mass is 302 g/mol. The molecular weight excluding hydrogens is 292 g/mol. The lowest BCUT2D eigenvalue weighted by Crippen LogP contribution is -1.80. The van der Waals surface area contributed by atoms with E-state index in [1.54, 1.807) is 11.8 Å². The van der Waals surface area contributed by atoms with Crippen LogP contribution in [0.25, 0.3) is 0 Å². The molecule has 0 aliphatic rings. The first kappa shape index (κ1) is 12.3. The molecule has 17 heavy (non-hydrogen) atoms. The van der Waals surface area contributed by atoms with Gasteiger partial charge in [-0.3, -0.25) is 0 Å². The first-order chi connectivity index (χ1) is 8.31. The predicted octanol–water partition coefficient (Wildman–Crippen LogP) is 4.57. The van der Waals surface area contributed by atoms with E-state index in [1.807, 2.05) is 36.4 Å². The van der Waals surface area contributed by atoms with Crippen molar-refractivity contribution in [3.05, 3.63) is 64.1 Å². The Morgan fingerprint density at radius 3 is 2.18 bits per heavy atom. The molecule has 2 aromatic rings. The zero-order valence-corrected chi connectivity index (χ0v) is 11.8. The summed E-state index contributed by atoms with van der Waals surface area (Å²) in [5, 5.41) is 0. The van der Waals surface area contributed by atoms with E-state index >= 15 is 0 Å². The van der Waals surface area contributed by atoms with Crippen LogP contribution in [0.15, 0.2) is 57.9 Å². The molecule has 0 saturated carbocycles. The summed E-state index contributed by atoms with van der Waals surface area (Å²) in [4.78, 5) is 1.21. The lowest BCUT2D eigenvalue weighted by molar-refractivity contribution is 1.42. The largest absolute Gasteiger partial charge is 0.128 e. The number of rotatable bonds is 1. The van der Waals surface area contributed by atoms with Gasteiger partial charge in [0.15, 0.2) is 0 Å². The highest BCUT2D eigenvalue weighted by Gasteiger charge is 1.96. The molecule has 0 aliphatic carbocycles. The summed E-state index contributed by atoms with van der Waals surface area (Å²) in [6.07, 6.45) is 2.07. The number of thioether (sulfide) groups is 1.